The number of carbonyl (C=O) groups excluding carboxylic acids is 1. The van der Waals surface area contributed by atoms with E-state index in [1.54, 1.807) is 0 Å². The van der Waals surface area contributed by atoms with Crippen molar-refractivity contribution in [1.29, 1.82) is 0 Å². The average Bonchev–Trinajstić information content (AvgIpc) is 3.22. The van der Waals surface area contributed by atoms with Crippen molar-refractivity contribution in [3.8, 4) is 51.6 Å². The van der Waals surface area contributed by atoms with Gasteiger partial charge < -0.3 is 59.5 Å². The highest BCUT2D eigenvalue weighted by atomic mass is 16.7. The molecule has 0 unspecified atom stereocenters. The van der Waals surface area contributed by atoms with Crippen molar-refractivity contribution in [1.82, 2.24) is 0 Å². The number of phenolic OH excluding ortho intramolecular Hbond substituents is 6. The molecule has 41 heavy (non-hydrogen) atoms. The van der Waals surface area contributed by atoms with Crippen LogP contribution in [0.15, 0.2) is 57.7 Å². The number of aliphatic hydroxyl groups excluding tert-OH is 2. The summed E-state index contributed by atoms with van der Waals surface area (Å²) in [5, 5.41) is 78.9. The third-order valence-electron chi connectivity index (χ3n) is 6.30. The summed E-state index contributed by atoms with van der Waals surface area (Å²) in [6.45, 7) is -0.757. The van der Waals surface area contributed by atoms with Crippen LogP contribution >= 0.6 is 0 Å². The molecule has 0 radical (unpaired) electrons. The lowest BCUT2D eigenvalue weighted by Crippen LogP contribution is -2.40. The number of hydrogen-bond acceptors (Lipinski definition) is 14. The summed E-state index contributed by atoms with van der Waals surface area (Å²) >= 11 is 0. The average molecular weight is 570 g/mol. The summed E-state index contributed by atoms with van der Waals surface area (Å²) in [6.07, 6.45) is -6.49. The lowest BCUT2D eigenvalue weighted by atomic mass is 10.1. The summed E-state index contributed by atoms with van der Waals surface area (Å²) < 4.78 is 22.4. The summed E-state index contributed by atoms with van der Waals surface area (Å²) in [5.74, 6) is -5.76. The molecule has 3 aromatic carbocycles. The number of carbonyl (C=O) groups is 1. The number of hydrogen-bond donors (Lipinski definition) is 8. The Bertz CT molecular complexity index is 1670. The first-order valence-corrected chi connectivity index (χ1v) is 11.9. The molecule has 1 aromatic heterocycles. The van der Waals surface area contributed by atoms with E-state index in [9.17, 15) is 50.4 Å². The number of fused-ring (bicyclic) bond motifs is 1. The van der Waals surface area contributed by atoms with Crippen LogP contribution in [0.2, 0.25) is 0 Å². The van der Waals surface area contributed by atoms with E-state index in [0.29, 0.717) is 0 Å². The van der Waals surface area contributed by atoms with Gasteiger partial charge in [0, 0.05) is 17.7 Å². The first-order chi connectivity index (χ1) is 19.5. The number of rotatable bonds is 6. The van der Waals surface area contributed by atoms with Crippen LogP contribution in [-0.4, -0.2) is 78.0 Å². The van der Waals surface area contributed by atoms with Gasteiger partial charge in [-0.1, -0.05) is 0 Å². The Hall–Kier alpha value is -5.18. The molecule has 8 N–H and O–H groups in total. The molecular weight excluding hydrogens is 548 g/mol. The van der Waals surface area contributed by atoms with Gasteiger partial charge in [0.15, 0.2) is 29.1 Å². The number of ether oxygens (including phenoxy) is 3. The lowest BCUT2D eigenvalue weighted by molar-refractivity contribution is -0.119. The summed E-state index contributed by atoms with van der Waals surface area (Å²) in [5.41, 5.74) is -1.41. The van der Waals surface area contributed by atoms with Crippen molar-refractivity contribution >= 4 is 16.9 Å². The molecule has 0 spiro atoms. The Labute approximate surface area is 228 Å². The Balaban J connectivity index is 1.58. The van der Waals surface area contributed by atoms with Gasteiger partial charge in [-0.25, -0.2) is 4.79 Å². The first kappa shape index (κ1) is 27.4. The maximum Gasteiger partial charge on any atom is 0.339 e. The number of phenols is 6. The van der Waals surface area contributed by atoms with Crippen molar-refractivity contribution in [2.75, 3.05) is 6.61 Å². The minimum absolute atomic E-state index is 0.110. The molecule has 14 heteroatoms. The van der Waals surface area contributed by atoms with Crippen LogP contribution in [0.1, 0.15) is 10.4 Å². The van der Waals surface area contributed by atoms with Crippen molar-refractivity contribution in [2.24, 2.45) is 0 Å². The highest BCUT2D eigenvalue weighted by molar-refractivity contribution is 5.91. The molecule has 1 aliphatic heterocycles. The van der Waals surface area contributed by atoms with Gasteiger partial charge in [-0.15, -0.1) is 0 Å². The molecule has 0 aliphatic carbocycles. The van der Waals surface area contributed by atoms with Gasteiger partial charge in [0.05, 0.1) is 12.2 Å². The van der Waals surface area contributed by atoms with E-state index >= 15 is 0 Å². The van der Waals surface area contributed by atoms with E-state index in [-0.39, 0.29) is 28.0 Å². The Morgan fingerprint density at radius 2 is 1.54 bits per heavy atom. The van der Waals surface area contributed by atoms with Crippen molar-refractivity contribution in [3.63, 3.8) is 0 Å². The van der Waals surface area contributed by atoms with E-state index in [2.05, 4.69) is 0 Å². The van der Waals surface area contributed by atoms with E-state index in [4.69, 9.17) is 18.6 Å². The van der Waals surface area contributed by atoms with Crippen molar-refractivity contribution in [2.45, 2.75) is 24.6 Å². The van der Waals surface area contributed by atoms with Crippen LogP contribution in [0.25, 0.3) is 22.3 Å². The predicted octanol–water partition coefficient (Wildman–Crippen LogP) is 1.38. The second-order valence-electron chi connectivity index (χ2n) is 9.04. The van der Waals surface area contributed by atoms with E-state index < -0.39 is 82.7 Å². The van der Waals surface area contributed by atoms with Gasteiger partial charge in [0.2, 0.25) is 17.5 Å². The Morgan fingerprint density at radius 3 is 2.17 bits per heavy atom. The summed E-state index contributed by atoms with van der Waals surface area (Å²) in [6, 6.07) is 8.87. The van der Waals surface area contributed by atoms with Gasteiger partial charge in [0.1, 0.15) is 40.4 Å². The standard InChI is InChI=1S/C27H22O14/c28-9-18-21(35)25(40-26(37)11-5-15(32)20(34)16(33)6-11)27(39-18)41-24-22(36)19-14(31)7-13(30)8-17(19)38-23(24)10-1-3-12(29)4-2-10/h1-8,18,21,25,27-35H,9H2/t18-,21-,25+,27-/m0/s1. The number of aliphatic hydroxyl groups is 2. The van der Waals surface area contributed by atoms with Gasteiger partial charge in [-0.3, -0.25) is 4.79 Å². The largest absolute Gasteiger partial charge is 0.508 e. The molecule has 1 fully saturated rings. The smallest absolute Gasteiger partial charge is 0.339 e. The third kappa shape index (κ3) is 4.98. The summed E-state index contributed by atoms with van der Waals surface area (Å²) in [4.78, 5) is 26.4. The second-order valence-corrected chi connectivity index (χ2v) is 9.04. The van der Waals surface area contributed by atoms with Gasteiger partial charge in [0.25, 0.3) is 0 Å². The summed E-state index contributed by atoms with van der Waals surface area (Å²) in [7, 11) is 0. The second kappa shape index (κ2) is 10.4. The topological polar surface area (TPSA) is 237 Å². The zero-order chi connectivity index (χ0) is 29.6. The minimum atomic E-state index is -1.75. The molecule has 5 rings (SSSR count). The molecule has 0 amide bonds. The third-order valence-corrected chi connectivity index (χ3v) is 6.30. The molecule has 1 aliphatic rings. The van der Waals surface area contributed by atoms with Crippen LogP contribution in [0.3, 0.4) is 0 Å². The number of benzene rings is 3. The first-order valence-electron chi connectivity index (χ1n) is 11.9. The maximum atomic E-state index is 13.6. The Morgan fingerprint density at radius 1 is 0.878 bits per heavy atom. The minimum Gasteiger partial charge on any atom is -0.508 e. The molecule has 14 nitrogen and oxygen atoms in total. The molecule has 214 valence electrons. The molecule has 4 aromatic rings. The molecule has 2 heterocycles. The van der Waals surface area contributed by atoms with Gasteiger partial charge >= 0.3 is 5.97 Å². The number of esters is 1. The van der Waals surface area contributed by atoms with Crippen molar-refractivity contribution < 1.29 is 64.3 Å². The fourth-order valence-electron chi connectivity index (χ4n) is 4.28. The van der Waals surface area contributed by atoms with Crippen LogP contribution in [0.5, 0.6) is 40.2 Å². The normalized spacial score (nSPS) is 20.2. The van der Waals surface area contributed by atoms with Crippen LogP contribution in [-0.2, 0) is 9.47 Å². The Kier molecular flexibility index (Phi) is 6.96. The maximum absolute atomic E-state index is 13.6. The van der Waals surface area contributed by atoms with Crippen molar-refractivity contribution in [3.05, 3.63) is 64.3 Å². The highest BCUT2D eigenvalue weighted by Crippen LogP contribution is 2.39. The van der Waals surface area contributed by atoms with E-state index in [1.807, 2.05) is 0 Å². The lowest BCUT2D eigenvalue weighted by Gasteiger charge is -2.22. The molecule has 0 saturated carbocycles. The fourth-order valence-corrected chi connectivity index (χ4v) is 4.28. The van der Waals surface area contributed by atoms with Crippen LogP contribution < -0.4 is 10.2 Å². The molecule has 0 bridgehead atoms. The molecule has 1 saturated heterocycles. The zero-order valence-electron chi connectivity index (χ0n) is 20.7. The fraction of sp³-hybridized carbons (Fsp3) is 0.185. The van der Waals surface area contributed by atoms with E-state index in [0.717, 1.165) is 24.3 Å². The molecule has 4 atom stereocenters. The van der Waals surface area contributed by atoms with Gasteiger partial charge in [-0.05, 0) is 36.4 Å². The quantitative estimate of drug-likeness (QED) is 0.121. The van der Waals surface area contributed by atoms with Crippen LogP contribution in [0.4, 0.5) is 0 Å². The van der Waals surface area contributed by atoms with Crippen LogP contribution in [0, 0.1) is 0 Å². The highest BCUT2D eigenvalue weighted by Gasteiger charge is 2.48. The van der Waals surface area contributed by atoms with Gasteiger partial charge in [-0.2, -0.15) is 0 Å². The predicted molar refractivity (Wildman–Crippen MR) is 136 cm³/mol. The SMILES string of the molecule is O=C(O[C@H]1[C@H](Oc2c(-c3ccc(O)cc3)oc3cc(O)cc(O)c3c2=O)O[C@@H](CO)[C@@H]1O)c1cc(O)c(O)c(O)c1. The molecular formula is C27H22O14. The van der Waals surface area contributed by atoms with E-state index in [1.165, 1.54) is 24.3 Å². The number of aromatic hydroxyl groups is 6. The monoisotopic (exact) mass is 570 g/mol. The zero-order valence-corrected chi connectivity index (χ0v) is 20.7.